The molecule has 21 heavy (non-hydrogen) atoms. The molecule has 1 amide bonds. The van der Waals surface area contributed by atoms with Crippen molar-refractivity contribution in [2.45, 2.75) is 31.7 Å². The molecule has 1 unspecified atom stereocenters. The summed E-state index contributed by atoms with van der Waals surface area (Å²) in [5.41, 5.74) is 3.39. The van der Waals surface area contributed by atoms with E-state index in [-0.39, 0.29) is 24.1 Å². The molecule has 0 saturated heterocycles. The molecular weight excluding hydrogens is 262 g/mol. The zero-order valence-corrected chi connectivity index (χ0v) is 11.9. The second-order valence-corrected chi connectivity index (χ2v) is 5.58. The van der Waals surface area contributed by atoms with Crippen LogP contribution in [0.2, 0.25) is 0 Å². The predicted molar refractivity (Wildman–Crippen MR) is 82.2 cm³/mol. The van der Waals surface area contributed by atoms with Crippen molar-refractivity contribution in [2.24, 2.45) is 0 Å². The van der Waals surface area contributed by atoms with E-state index < -0.39 is 0 Å². The smallest absolute Gasteiger partial charge is 0.224 e. The maximum atomic E-state index is 12.1. The minimum atomic E-state index is -0.0270. The first-order valence-corrected chi connectivity index (χ1v) is 7.35. The van der Waals surface area contributed by atoms with Gasteiger partial charge < -0.3 is 10.4 Å². The summed E-state index contributed by atoms with van der Waals surface area (Å²) >= 11 is 0. The first-order chi connectivity index (χ1) is 10.2. The highest BCUT2D eigenvalue weighted by Gasteiger charge is 2.20. The number of phenols is 1. The summed E-state index contributed by atoms with van der Waals surface area (Å²) in [5, 5.41) is 12.8. The van der Waals surface area contributed by atoms with E-state index in [1.54, 1.807) is 18.2 Å². The fraction of sp³-hybridized carbons (Fsp3) is 0.278. The fourth-order valence-electron chi connectivity index (χ4n) is 2.93. The van der Waals surface area contributed by atoms with Crippen LogP contribution in [0.5, 0.6) is 5.75 Å². The number of aromatic hydroxyl groups is 1. The van der Waals surface area contributed by atoms with Gasteiger partial charge in [-0.15, -0.1) is 0 Å². The summed E-state index contributed by atoms with van der Waals surface area (Å²) in [6, 6.07) is 15.6. The second kappa shape index (κ2) is 6.00. The number of hydrogen-bond acceptors (Lipinski definition) is 2. The molecule has 3 nitrogen and oxygen atoms in total. The van der Waals surface area contributed by atoms with Crippen LogP contribution in [0.4, 0.5) is 0 Å². The van der Waals surface area contributed by atoms with Gasteiger partial charge in [0.1, 0.15) is 5.75 Å². The highest BCUT2D eigenvalue weighted by atomic mass is 16.3. The number of hydrogen-bond donors (Lipinski definition) is 2. The number of aryl methyl sites for hydroxylation is 1. The molecule has 0 saturated carbocycles. The molecule has 0 radical (unpaired) electrons. The number of para-hydroxylation sites is 1. The lowest BCUT2D eigenvalue weighted by Gasteiger charge is -2.25. The van der Waals surface area contributed by atoms with E-state index in [1.807, 2.05) is 12.1 Å². The molecule has 3 rings (SSSR count). The average molecular weight is 281 g/mol. The average Bonchev–Trinajstić information content (AvgIpc) is 2.49. The summed E-state index contributed by atoms with van der Waals surface area (Å²) in [6.07, 6.45) is 3.11. The standard InChI is InChI=1S/C18H19NO2/c20-17-8-4-3-7-15(17)12-18(21)19-16-10-9-13-5-1-2-6-14(13)11-16/h1-8,16,20H,9-12H2,(H,19,21). The molecule has 3 heteroatoms. The first kappa shape index (κ1) is 13.7. The Kier molecular flexibility index (Phi) is 3.91. The third-order valence-electron chi connectivity index (χ3n) is 4.05. The number of carbonyl (C=O) groups is 1. The number of nitrogens with one attached hydrogen (secondary N) is 1. The number of rotatable bonds is 3. The van der Waals surface area contributed by atoms with Gasteiger partial charge in [0, 0.05) is 11.6 Å². The van der Waals surface area contributed by atoms with Gasteiger partial charge in [-0.1, -0.05) is 42.5 Å². The van der Waals surface area contributed by atoms with Crippen molar-refractivity contribution in [1.82, 2.24) is 5.32 Å². The van der Waals surface area contributed by atoms with Crippen molar-refractivity contribution < 1.29 is 9.90 Å². The number of phenolic OH excluding ortho intramolecular Hbond substituents is 1. The Balaban J connectivity index is 1.60. The highest BCUT2D eigenvalue weighted by molar-refractivity contribution is 5.79. The monoisotopic (exact) mass is 281 g/mol. The van der Waals surface area contributed by atoms with Gasteiger partial charge in [-0.05, 0) is 36.5 Å². The Hall–Kier alpha value is -2.29. The Bertz CT molecular complexity index is 651. The lowest BCUT2D eigenvalue weighted by atomic mass is 9.88. The van der Waals surface area contributed by atoms with Crippen LogP contribution < -0.4 is 5.32 Å². The topological polar surface area (TPSA) is 49.3 Å². The maximum Gasteiger partial charge on any atom is 0.224 e. The largest absolute Gasteiger partial charge is 0.508 e. The van der Waals surface area contributed by atoms with E-state index in [9.17, 15) is 9.90 Å². The molecule has 1 aliphatic rings. The van der Waals surface area contributed by atoms with Crippen LogP contribution >= 0.6 is 0 Å². The van der Waals surface area contributed by atoms with Gasteiger partial charge >= 0.3 is 0 Å². The Morgan fingerprint density at radius 1 is 1.10 bits per heavy atom. The normalized spacial score (nSPS) is 17.0. The van der Waals surface area contributed by atoms with Crippen LogP contribution in [0.25, 0.3) is 0 Å². The van der Waals surface area contributed by atoms with Gasteiger partial charge in [-0.3, -0.25) is 4.79 Å². The van der Waals surface area contributed by atoms with Gasteiger partial charge in [0.25, 0.3) is 0 Å². The molecule has 108 valence electrons. The van der Waals surface area contributed by atoms with Crippen molar-refractivity contribution in [3.05, 3.63) is 65.2 Å². The van der Waals surface area contributed by atoms with Gasteiger partial charge in [-0.25, -0.2) is 0 Å². The van der Waals surface area contributed by atoms with Crippen molar-refractivity contribution in [2.75, 3.05) is 0 Å². The lowest BCUT2D eigenvalue weighted by molar-refractivity contribution is -0.121. The third-order valence-corrected chi connectivity index (χ3v) is 4.05. The van der Waals surface area contributed by atoms with E-state index >= 15 is 0 Å². The third kappa shape index (κ3) is 3.24. The molecule has 0 heterocycles. The van der Waals surface area contributed by atoms with Gasteiger partial charge in [-0.2, -0.15) is 0 Å². The van der Waals surface area contributed by atoms with Crippen LogP contribution in [0.15, 0.2) is 48.5 Å². The van der Waals surface area contributed by atoms with E-state index in [4.69, 9.17) is 0 Å². The minimum Gasteiger partial charge on any atom is -0.508 e. The summed E-state index contributed by atoms with van der Waals surface area (Å²) in [6.45, 7) is 0. The van der Waals surface area contributed by atoms with E-state index in [0.29, 0.717) is 5.56 Å². The molecule has 1 atom stereocenters. The number of carbonyl (C=O) groups excluding carboxylic acids is 1. The Morgan fingerprint density at radius 3 is 2.62 bits per heavy atom. The number of amides is 1. The SMILES string of the molecule is O=C(Cc1ccccc1O)NC1CCc2ccccc2C1. The van der Waals surface area contributed by atoms with E-state index in [2.05, 4.69) is 23.5 Å². The zero-order valence-electron chi connectivity index (χ0n) is 11.9. The lowest BCUT2D eigenvalue weighted by Crippen LogP contribution is -2.39. The summed E-state index contributed by atoms with van der Waals surface area (Å²) in [4.78, 5) is 12.1. The molecule has 0 aliphatic heterocycles. The first-order valence-electron chi connectivity index (χ1n) is 7.35. The van der Waals surface area contributed by atoms with Crippen LogP contribution in [0.1, 0.15) is 23.1 Å². The van der Waals surface area contributed by atoms with Gasteiger partial charge in [0.15, 0.2) is 0 Å². The van der Waals surface area contributed by atoms with Crippen molar-refractivity contribution in [3.8, 4) is 5.75 Å². The summed E-state index contributed by atoms with van der Waals surface area (Å²) < 4.78 is 0. The molecule has 0 bridgehead atoms. The summed E-state index contributed by atoms with van der Waals surface area (Å²) in [5.74, 6) is 0.155. The second-order valence-electron chi connectivity index (χ2n) is 5.58. The summed E-state index contributed by atoms with van der Waals surface area (Å²) in [7, 11) is 0. The Labute approximate surface area is 124 Å². The van der Waals surface area contributed by atoms with Crippen LogP contribution in [0, 0.1) is 0 Å². The van der Waals surface area contributed by atoms with Crippen LogP contribution in [-0.2, 0) is 24.1 Å². The molecule has 2 aromatic carbocycles. The van der Waals surface area contributed by atoms with Crippen molar-refractivity contribution >= 4 is 5.91 Å². The molecule has 1 aliphatic carbocycles. The van der Waals surface area contributed by atoms with Crippen LogP contribution in [-0.4, -0.2) is 17.1 Å². The highest BCUT2D eigenvalue weighted by Crippen LogP contribution is 2.21. The molecule has 0 spiro atoms. The van der Waals surface area contributed by atoms with Gasteiger partial charge in [0.2, 0.25) is 5.91 Å². The van der Waals surface area contributed by atoms with Crippen molar-refractivity contribution in [1.29, 1.82) is 0 Å². The Morgan fingerprint density at radius 2 is 1.81 bits per heavy atom. The number of benzene rings is 2. The van der Waals surface area contributed by atoms with Crippen molar-refractivity contribution in [3.63, 3.8) is 0 Å². The molecule has 2 aromatic rings. The number of fused-ring (bicyclic) bond motifs is 1. The van der Waals surface area contributed by atoms with Gasteiger partial charge in [0.05, 0.1) is 6.42 Å². The molecular formula is C18H19NO2. The van der Waals surface area contributed by atoms with Crippen LogP contribution in [0.3, 0.4) is 0 Å². The van der Waals surface area contributed by atoms with E-state index in [0.717, 1.165) is 19.3 Å². The molecule has 2 N–H and O–H groups in total. The molecule has 0 aromatic heterocycles. The van der Waals surface area contributed by atoms with E-state index in [1.165, 1.54) is 11.1 Å². The minimum absolute atomic E-state index is 0.0270. The maximum absolute atomic E-state index is 12.1. The predicted octanol–water partition coefficient (Wildman–Crippen LogP) is 2.61. The zero-order chi connectivity index (χ0) is 14.7. The fourth-order valence-corrected chi connectivity index (χ4v) is 2.93. The molecule has 0 fully saturated rings. The quantitative estimate of drug-likeness (QED) is 0.908.